The number of hydrogen-bond donors (Lipinski definition) is 0. The van der Waals surface area contributed by atoms with E-state index in [0.717, 1.165) is 0 Å². The second kappa shape index (κ2) is 5.87. The number of halogens is 3. The molecule has 0 aliphatic carbocycles. The van der Waals surface area contributed by atoms with Gasteiger partial charge in [-0.25, -0.2) is 4.39 Å². The average Bonchev–Trinajstić information content (AvgIpc) is 2.25. The molecular formula is C11H9Cl2FO2. The molecule has 0 heterocycles. The molecule has 0 atom stereocenters. The quantitative estimate of drug-likeness (QED) is 0.613. The highest BCUT2D eigenvalue weighted by Gasteiger charge is 2.05. The Morgan fingerprint density at radius 3 is 2.75 bits per heavy atom. The number of hydrogen-bond acceptors (Lipinski definition) is 2. The van der Waals surface area contributed by atoms with Crippen LogP contribution in [0.5, 0.6) is 0 Å². The lowest BCUT2D eigenvalue weighted by Crippen LogP contribution is -1.96. The number of benzene rings is 1. The van der Waals surface area contributed by atoms with Crippen molar-refractivity contribution in [1.82, 2.24) is 0 Å². The topological polar surface area (TPSA) is 26.3 Å². The summed E-state index contributed by atoms with van der Waals surface area (Å²) in [6.07, 6.45) is 3.26. The maximum absolute atomic E-state index is 13.2. The molecule has 0 amide bonds. The van der Waals surface area contributed by atoms with E-state index in [0.29, 0.717) is 5.56 Å². The molecule has 0 saturated carbocycles. The summed E-state index contributed by atoms with van der Waals surface area (Å²) in [5, 5.41) is 0.0335. The van der Waals surface area contributed by atoms with Crippen molar-refractivity contribution in [3.63, 3.8) is 0 Å². The number of rotatable bonds is 3. The highest BCUT2D eigenvalue weighted by molar-refractivity contribution is 6.42. The summed E-state index contributed by atoms with van der Waals surface area (Å²) in [4.78, 5) is 10.8. The smallest absolute Gasteiger partial charge is 0.309 e. The fourth-order valence-electron chi connectivity index (χ4n) is 1.05. The van der Waals surface area contributed by atoms with Gasteiger partial charge in [-0.15, -0.1) is 0 Å². The summed E-state index contributed by atoms with van der Waals surface area (Å²) in [6, 6.07) is 2.75. The summed E-state index contributed by atoms with van der Waals surface area (Å²) < 4.78 is 17.6. The molecule has 86 valence electrons. The normalized spacial score (nSPS) is 10.8. The van der Waals surface area contributed by atoms with Gasteiger partial charge in [0.25, 0.3) is 0 Å². The number of carbonyl (C=O) groups is 1. The lowest BCUT2D eigenvalue weighted by atomic mass is 10.2. The second-order valence-electron chi connectivity index (χ2n) is 2.98. The molecule has 0 spiro atoms. The lowest BCUT2D eigenvalue weighted by molar-refractivity contribution is -0.139. The van der Waals surface area contributed by atoms with E-state index < -0.39 is 5.82 Å². The monoisotopic (exact) mass is 262 g/mol. The number of methoxy groups -OCH3 is 1. The van der Waals surface area contributed by atoms with Crippen LogP contribution in [0.15, 0.2) is 18.2 Å². The van der Waals surface area contributed by atoms with Crippen molar-refractivity contribution in [2.24, 2.45) is 0 Å². The Hall–Kier alpha value is -1.06. The third-order valence-corrected chi connectivity index (χ3v) is 2.61. The van der Waals surface area contributed by atoms with Gasteiger partial charge in [0.05, 0.1) is 23.6 Å². The summed E-state index contributed by atoms with van der Waals surface area (Å²) in [5.74, 6) is -0.955. The van der Waals surface area contributed by atoms with Gasteiger partial charge in [-0.05, 0) is 17.7 Å². The van der Waals surface area contributed by atoms with Crippen molar-refractivity contribution in [1.29, 1.82) is 0 Å². The number of esters is 1. The van der Waals surface area contributed by atoms with Gasteiger partial charge in [0.2, 0.25) is 0 Å². The zero-order valence-electron chi connectivity index (χ0n) is 8.47. The van der Waals surface area contributed by atoms with Gasteiger partial charge in [-0.1, -0.05) is 35.4 Å². The van der Waals surface area contributed by atoms with Crippen molar-refractivity contribution >= 4 is 35.2 Å². The first-order valence-corrected chi connectivity index (χ1v) is 5.18. The van der Waals surface area contributed by atoms with Crippen LogP contribution in [-0.4, -0.2) is 13.1 Å². The highest BCUT2D eigenvalue weighted by atomic mass is 35.5. The van der Waals surface area contributed by atoms with E-state index in [2.05, 4.69) is 4.74 Å². The van der Waals surface area contributed by atoms with Crippen molar-refractivity contribution in [3.05, 3.63) is 39.6 Å². The van der Waals surface area contributed by atoms with Crippen LogP contribution in [0, 0.1) is 5.82 Å². The van der Waals surface area contributed by atoms with Crippen LogP contribution in [-0.2, 0) is 9.53 Å². The van der Waals surface area contributed by atoms with Crippen LogP contribution < -0.4 is 0 Å². The van der Waals surface area contributed by atoms with E-state index >= 15 is 0 Å². The number of carbonyl (C=O) groups excluding carboxylic acids is 1. The van der Waals surface area contributed by atoms with E-state index in [1.54, 1.807) is 12.2 Å². The number of ether oxygens (including phenoxy) is 1. The Balaban J connectivity index is 2.78. The fourth-order valence-corrected chi connectivity index (χ4v) is 1.37. The molecule has 16 heavy (non-hydrogen) atoms. The Kier molecular flexibility index (Phi) is 4.77. The summed E-state index contributed by atoms with van der Waals surface area (Å²) in [7, 11) is 1.30. The van der Waals surface area contributed by atoms with E-state index in [-0.39, 0.29) is 22.4 Å². The first-order valence-electron chi connectivity index (χ1n) is 4.42. The Morgan fingerprint density at radius 2 is 2.19 bits per heavy atom. The van der Waals surface area contributed by atoms with Gasteiger partial charge in [-0.3, -0.25) is 4.79 Å². The lowest BCUT2D eigenvalue weighted by Gasteiger charge is -2.00. The maximum Gasteiger partial charge on any atom is 0.309 e. The molecule has 0 aromatic heterocycles. The predicted molar refractivity (Wildman–Crippen MR) is 62.1 cm³/mol. The van der Waals surface area contributed by atoms with E-state index in [1.807, 2.05) is 0 Å². The van der Waals surface area contributed by atoms with Crippen molar-refractivity contribution in [2.45, 2.75) is 6.42 Å². The first-order chi connectivity index (χ1) is 7.54. The van der Waals surface area contributed by atoms with Crippen LogP contribution >= 0.6 is 23.2 Å². The van der Waals surface area contributed by atoms with Crippen LogP contribution in [0.3, 0.4) is 0 Å². The molecule has 2 nitrogen and oxygen atoms in total. The minimum Gasteiger partial charge on any atom is -0.469 e. The van der Waals surface area contributed by atoms with Gasteiger partial charge in [-0.2, -0.15) is 0 Å². The molecule has 0 N–H and O–H groups in total. The molecule has 0 radical (unpaired) electrons. The zero-order chi connectivity index (χ0) is 12.1. The molecule has 1 aromatic carbocycles. The van der Waals surface area contributed by atoms with Gasteiger partial charge in [0, 0.05) is 0 Å². The maximum atomic E-state index is 13.2. The minimum atomic E-state index is -0.591. The molecule has 0 unspecified atom stereocenters. The largest absolute Gasteiger partial charge is 0.469 e. The van der Waals surface area contributed by atoms with Crippen LogP contribution in [0.1, 0.15) is 12.0 Å². The molecule has 5 heteroatoms. The Labute approximate surface area is 103 Å². The van der Waals surface area contributed by atoms with E-state index in [1.165, 1.54) is 19.2 Å². The van der Waals surface area contributed by atoms with Crippen molar-refractivity contribution in [3.8, 4) is 0 Å². The van der Waals surface area contributed by atoms with Gasteiger partial charge in [0.15, 0.2) is 0 Å². The van der Waals surface area contributed by atoms with Crippen LogP contribution in [0.4, 0.5) is 4.39 Å². The zero-order valence-corrected chi connectivity index (χ0v) is 9.98. The van der Waals surface area contributed by atoms with Crippen LogP contribution in [0.2, 0.25) is 10.0 Å². The second-order valence-corrected chi connectivity index (χ2v) is 3.77. The van der Waals surface area contributed by atoms with Crippen molar-refractivity contribution < 1.29 is 13.9 Å². The minimum absolute atomic E-state index is 0.105. The standard InChI is InChI=1S/C11H9Cl2FO2/c1-16-10(15)4-2-3-7-5-8(12)11(13)9(14)6-7/h2-3,5-6H,4H2,1H3. The summed E-state index contributed by atoms with van der Waals surface area (Å²) >= 11 is 11.2. The van der Waals surface area contributed by atoms with Gasteiger partial charge >= 0.3 is 5.97 Å². The van der Waals surface area contributed by atoms with E-state index in [9.17, 15) is 9.18 Å². The van der Waals surface area contributed by atoms with E-state index in [4.69, 9.17) is 23.2 Å². The molecule has 0 fully saturated rings. The molecule has 1 rings (SSSR count). The molecule has 1 aromatic rings. The molecule has 0 aliphatic heterocycles. The third kappa shape index (κ3) is 3.51. The SMILES string of the molecule is COC(=O)CC=Cc1cc(F)c(Cl)c(Cl)c1. The molecular weight excluding hydrogens is 254 g/mol. The van der Waals surface area contributed by atoms with Gasteiger partial charge < -0.3 is 4.74 Å². The molecule has 0 bridgehead atoms. The third-order valence-electron chi connectivity index (χ3n) is 1.83. The predicted octanol–water partition coefficient (Wildman–Crippen LogP) is 3.71. The van der Waals surface area contributed by atoms with Crippen molar-refractivity contribution in [2.75, 3.05) is 7.11 Å². The molecule has 0 saturated heterocycles. The fraction of sp³-hybridized carbons (Fsp3) is 0.182. The van der Waals surface area contributed by atoms with Gasteiger partial charge in [0.1, 0.15) is 5.82 Å². The highest BCUT2D eigenvalue weighted by Crippen LogP contribution is 2.26. The Morgan fingerprint density at radius 1 is 1.50 bits per heavy atom. The first kappa shape index (κ1) is 13.0. The Bertz CT molecular complexity index is 407. The summed E-state index contributed by atoms with van der Waals surface area (Å²) in [5.41, 5.74) is 0.538. The molecule has 0 aliphatic rings. The van der Waals surface area contributed by atoms with Crippen LogP contribution in [0.25, 0.3) is 6.08 Å². The summed E-state index contributed by atoms with van der Waals surface area (Å²) in [6.45, 7) is 0. The average molecular weight is 263 g/mol.